The van der Waals surface area contributed by atoms with E-state index in [-0.39, 0.29) is 23.9 Å². The first-order valence-electron chi connectivity index (χ1n) is 11.6. The molecule has 1 saturated heterocycles. The van der Waals surface area contributed by atoms with Crippen molar-refractivity contribution in [3.63, 3.8) is 0 Å². The van der Waals surface area contributed by atoms with Gasteiger partial charge >= 0.3 is 0 Å². The molecule has 3 atom stereocenters. The number of pyridine rings is 1. The topological polar surface area (TPSA) is 101 Å². The Morgan fingerprint density at radius 1 is 1.11 bits per heavy atom. The molecule has 3 N–H and O–H groups in total. The van der Waals surface area contributed by atoms with Gasteiger partial charge in [0.2, 0.25) is 0 Å². The summed E-state index contributed by atoms with van der Waals surface area (Å²) in [6.07, 6.45) is 6.15. The lowest BCUT2D eigenvalue weighted by Crippen LogP contribution is -2.33. The molecule has 5 aromatic rings. The van der Waals surface area contributed by atoms with Gasteiger partial charge in [0.25, 0.3) is 0 Å². The average Bonchev–Trinajstić information content (AvgIpc) is 3.19. The number of nitrogens with two attached hydrogens (primary N) is 1. The van der Waals surface area contributed by atoms with Crippen molar-refractivity contribution in [1.82, 2.24) is 29.8 Å². The number of nitrogens with one attached hydrogen (secondary N) is 1. The van der Waals surface area contributed by atoms with Gasteiger partial charge in [-0.25, -0.2) is 23.3 Å². The fourth-order valence-electron chi connectivity index (χ4n) is 6.19. The molecule has 0 spiro atoms. The molecular formula is C25H22F2N8. The van der Waals surface area contributed by atoms with Crippen LogP contribution < -0.4 is 10.6 Å². The van der Waals surface area contributed by atoms with E-state index in [1.165, 1.54) is 18.2 Å². The van der Waals surface area contributed by atoms with Gasteiger partial charge in [-0.3, -0.25) is 5.10 Å². The van der Waals surface area contributed by atoms with Crippen LogP contribution in [-0.2, 0) is 5.41 Å². The van der Waals surface area contributed by atoms with Gasteiger partial charge in [-0.15, -0.1) is 0 Å². The number of fused-ring (bicyclic) bond motifs is 3. The summed E-state index contributed by atoms with van der Waals surface area (Å²) in [5.41, 5.74) is 9.42. The quantitative estimate of drug-likeness (QED) is 0.416. The van der Waals surface area contributed by atoms with Gasteiger partial charge in [0.15, 0.2) is 5.65 Å². The van der Waals surface area contributed by atoms with E-state index in [0.717, 1.165) is 24.0 Å². The summed E-state index contributed by atoms with van der Waals surface area (Å²) in [5, 5.41) is 11.8. The summed E-state index contributed by atoms with van der Waals surface area (Å²) >= 11 is 0. The molecule has 0 amide bonds. The number of hydrogen-bond acceptors (Lipinski definition) is 6. The lowest BCUT2D eigenvalue weighted by atomic mass is 9.90. The van der Waals surface area contributed by atoms with Gasteiger partial charge in [0.1, 0.15) is 28.7 Å². The molecule has 0 bridgehead atoms. The summed E-state index contributed by atoms with van der Waals surface area (Å²) in [7, 11) is 0. The predicted octanol–water partition coefficient (Wildman–Crippen LogP) is 3.30. The third-order valence-corrected chi connectivity index (χ3v) is 7.87. The van der Waals surface area contributed by atoms with E-state index < -0.39 is 17.0 Å². The Morgan fingerprint density at radius 3 is 2.80 bits per heavy atom. The third kappa shape index (κ3) is 2.80. The highest BCUT2D eigenvalue weighted by atomic mass is 19.1. The maximum Gasteiger partial charge on any atom is 0.177 e. The summed E-state index contributed by atoms with van der Waals surface area (Å²) in [6.45, 7) is 1.55. The normalized spacial score (nSPS) is 23.7. The van der Waals surface area contributed by atoms with Crippen LogP contribution in [0.5, 0.6) is 0 Å². The Morgan fingerprint density at radius 2 is 1.97 bits per heavy atom. The zero-order valence-electron chi connectivity index (χ0n) is 18.7. The average molecular weight is 473 g/mol. The molecule has 5 heterocycles. The standard InChI is InChI=1S/C25H22F2N8/c26-17-4-1-5-18(27)21(17)25(13-28)15-7-10-34(12-16(15)25)20-11-29-23-22(32-33-24(23)31-20)14-3-2-9-35-19(14)6-8-30-35/h1-6,8-9,11,15-16H,7,10,12-13,28H2,(H,31,32,33)/t15-,16+,25+/m1/s1. The maximum absolute atomic E-state index is 14.7. The van der Waals surface area contributed by atoms with E-state index in [4.69, 9.17) is 15.7 Å². The van der Waals surface area contributed by atoms with Crippen molar-refractivity contribution >= 4 is 22.5 Å². The molecule has 4 aromatic heterocycles. The van der Waals surface area contributed by atoms with Crippen molar-refractivity contribution in [1.29, 1.82) is 0 Å². The lowest BCUT2D eigenvalue weighted by molar-refractivity contribution is 0.488. The molecule has 0 radical (unpaired) electrons. The molecule has 0 unspecified atom stereocenters. The summed E-state index contributed by atoms with van der Waals surface area (Å²) in [4.78, 5) is 11.6. The number of aromatic amines is 1. The van der Waals surface area contributed by atoms with Crippen molar-refractivity contribution in [2.75, 3.05) is 24.5 Å². The monoisotopic (exact) mass is 472 g/mol. The molecule has 176 valence electrons. The van der Waals surface area contributed by atoms with Crippen LogP contribution >= 0.6 is 0 Å². The number of piperidine rings is 1. The number of aromatic nitrogens is 6. The van der Waals surface area contributed by atoms with Gasteiger partial charge < -0.3 is 10.6 Å². The molecule has 7 rings (SSSR count). The van der Waals surface area contributed by atoms with Gasteiger partial charge in [-0.1, -0.05) is 6.07 Å². The first kappa shape index (κ1) is 20.5. The number of hydrogen-bond donors (Lipinski definition) is 2. The van der Waals surface area contributed by atoms with E-state index >= 15 is 0 Å². The van der Waals surface area contributed by atoms with E-state index in [0.29, 0.717) is 29.2 Å². The van der Waals surface area contributed by atoms with Crippen LogP contribution in [0.25, 0.3) is 27.9 Å². The molecule has 2 fully saturated rings. The lowest BCUT2D eigenvalue weighted by Gasteiger charge is -2.26. The van der Waals surface area contributed by atoms with Crippen molar-refractivity contribution < 1.29 is 8.78 Å². The van der Waals surface area contributed by atoms with E-state index in [9.17, 15) is 8.78 Å². The van der Waals surface area contributed by atoms with Gasteiger partial charge in [-0.05, 0) is 48.6 Å². The Kier molecular flexibility index (Phi) is 4.26. The first-order chi connectivity index (χ1) is 17.1. The highest BCUT2D eigenvalue weighted by Gasteiger charge is 2.67. The zero-order valence-corrected chi connectivity index (χ0v) is 18.7. The second kappa shape index (κ2) is 7.29. The summed E-state index contributed by atoms with van der Waals surface area (Å²) in [6, 6.07) is 9.86. The van der Waals surface area contributed by atoms with Crippen molar-refractivity contribution in [2.24, 2.45) is 17.6 Å². The molecule has 1 aromatic carbocycles. The van der Waals surface area contributed by atoms with Crippen LogP contribution in [0.15, 0.2) is 55.0 Å². The number of H-pyrrole nitrogens is 1. The number of anilines is 1. The molecule has 35 heavy (non-hydrogen) atoms. The Hall–Kier alpha value is -3.92. The smallest absolute Gasteiger partial charge is 0.177 e. The third-order valence-electron chi connectivity index (χ3n) is 7.87. The molecule has 1 aliphatic heterocycles. The number of nitrogens with zero attached hydrogens (tertiary/aromatic N) is 6. The Labute approximate surface area is 198 Å². The summed E-state index contributed by atoms with van der Waals surface area (Å²) in [5.74, 6) is -0.115. The first-order valence-corrected chi connectivity index (χ1v) is 11.6. The van der Waals surface area contributed by atoms with Crippen LogP contribution in [0.4, 0.5) is 14.6 Å². The minimum atomic E-state index is -0.674. The molecule has 8 nitrogen and oxygen atoms in total. The highest BCUT2D eigenvalue weighted by Crippen LogP contribution is 2.63. The van der Waals surface area contributed by atoms with Crippen molar-refractivity contribution in [3.8, 4) is 11.3 Å². The van der Waals surface area contributed by atoms with Crippen molar-refractivity contribution in [3.05, 3.63) is 72.2 Å². The zero-order chi connectivity index (χ0) is 23.7. The largest absolute Gasteiger partial charge is 0.355 e. The molecule has 1 saturated carbocycles. The minimum absolute atomic E-state index is 0.0574. The highest BCUT2D eigenvalue weighted by molar-refractivity contribution is 5.93. The van der Waals surface area contributed by atoms with Gasteiger partial charge in [0.05, 0.1) is 17.9 Å². The van der Waals surface area contributed by atoms with Crippen LogP contribution in [-0.4, -0.2) is 49.4 Å². The van der Waals surface area contributed by atoms with E-state index in [1.807, 2.05) is 24.4 Å². The maximum atomic E-state index is 14.7. The van der Waals surface area contributed by atoms with Crippen LogP contribution in [0.3, 0.4) is 0 Å². The van der Waals surface area contributed by atoms with Crippen LogP contribution in [0, 0.1) is 23.5 Å². The predicted molar refractivity (Wildman–Crippen MR) is 127 cm³/mol. The fourth-order valence-corrected chi connectivity index (χ4v) is 6.19. The second-order valence-electron chi connectivity index (χ2n) is 9.37. The Balaban J connectivity index is 1.21. The van der Waals surface area contributed by atoms with Crippen molar-refractivity contribution in [2.45, 2.75) is 11.8 Å². The molecule has 2 aliphatic rings. The van der Waals surface area contributed by atoms with E-state index in [2.05, 4.69) is 20.2 Å². The SMILES string of the molecule is NC[C@]1(c2c(F)cccc2F)[C@@H]2CCN(c3cnc4c(-c5cccn6nccc56)n[nH]c4n3)C[C@@H]21. The number of rotatable bonds is 4. The minimum Gasteiger partial charge on any atom is -0.355 e. The summed E-state index contributed by atoms with van der Waals surface area (Å²) < 4.78 is 31.1. The Bertz CT molecular complexity index is 1570. The van der Waals surface area contributed by atoms with Crippen LogP contribution in [0.2, 0.25) is 0 Å². The molecule has 1 aliphatic carbocycles. The second-order valence-corrected chi connectivity index (χ2v) is 9.37. The molecule has 10 heteroatoms. The van der Waals surface area contributed by atoms with Gasteiger partial charge in [-0.2, -0.15) is 10.2 Å². The molecular weight excluding hydrogens is 450 g/mol. The number of benzene rings is 1. The number of halogens is 2. The van der Waals surface area contributed by atoms with Crippen LogP contribution in [0.1, 0.15) is 12.0 Å². The fraction of sp³-hybridized carbons (Fsp3) is 0.280. The van der Waals surface area contributed by atoms with E-state index in [1.54, 1.807) is 16.9 Å². The van der Waals surface area contributed by atoms with Gasteiger partial charge in [0, 0.05) is 42.4 Å².